The van der Waals surface area contributed by atoms with Gasteiger partial charge >= 0.3 is 0 Å². The van der Waals surface area contributed by atoms with Gasteiger partial charge in [0.1, 0.15) is 17.2 Å². The number of rotatable bonds is 6. The van der Waals surface area contributed by atoms with Crippen molar-refractivity contribution in [2.24, 2.45) is 0 Å². The number of carbonyl (C=O) groups excluding carboxylic acids is 1. The van der Waals surface area contributed by atoms with E-state index in [0.29, 0.717) is 11.2 Å². The number of hydrogen-bond donors (Lipinski definition) is 1. The summed E-state index contributed by atoms with van der Waals surface area (Å²) in [6, 6.07) is 15.9. The van der Waals surface area contributed by atoms with Gasteiger partial charge in [0.15, 0.2) is 0 Å². The van der Waals surface area contributed by atoms with Crippen LogP contribution >= 0.6 is 11.3 Å². The zero-order chi connectivity index (χ0) is 25.4. The van der Waals surface area contributed by atoms with Crippen LogP contribution in [-0.2, 0) is 24.2 Å². The van der Waals surface area contributed by atoms with Gasteiger partial charge in [-0.25, -0.2) is 4.98 Å². The third kappa shape index (κ3) is 4.50. The number of benzene rings is 2. The minimum Gasteiger partial charge on any atom is -0.324 e. The Balaban J connectivity index is 1.61. The number of hydrogen-bond acceptors (Lipinski definition) is 4. The summed E-state index contributed by atoms with van der Waals surface area (Å²) >= 11 is 1.64. The van der Waals surface area contributed by atoms with Crippen LogP contribution in [0.4, 0.5) is 5.69 Å². The summed E-state index contributed by atoms with van der Waals surface area (Å²) < 4.78 is 1.57. The number of para-hydroxylation sites is 1. The second-order valence-corrected chi connectivity index (χ2v) is 11.3. The first-order chi connectivity index (χ1) is 17.3. The van der Waals surface area contributed by atoms with Crippen molar-refractivity contribution >= 4 is 33.1 Å². The summed E-state index contributed by atoms with van der Waals surface area (Å²) in [6.07, 6.45) is 4.14. The molecule has 5 rings (SSSR count). The van der Waals surface area contributed by atoms with Crippen LogP contribution in [0.15, 0.2) is 53.3 Å². The standard InChI is InChI=1S/C30H33N3O2S/c1-18(2)21-14-10-15-22(19(3)4)27(21)31-25(34)17-33-28(20-11-6-5-7-12-20)32-29-26(30(33)35)23-13-8-9-16-24(23)36-29/h5-7,10-12,14-15,18-19H,8-9,13,16-17H2,1-4H3,(H,31,34). The topological polar surface area (TPSA) is 64.0 Å². The van der Waals surface area contributed by atoms with Gasteiger partial charge < -0.3 is 5.32 Å². The van der Waals surface area contributed by atoms with E-state index >= 15 is 0 Å². The maximum atomic E-state index is 13.9. The average molecular weight is 500 g/mol. The highest BCUT2D eigenvalue weighted by molar-refractivity contribution is 7.18. The smallest absolute Gasteiger partial charge is 0.263 e. The fourth-order valence-corrected chi connectivity index (χ4v) is 6.46. The van der Waals surface area contributed by atoms with Crippen LogP contribution in [0.1, 0.15) is 73.9 Å². The molecule has 36 heavy (non-hydrogen) atoms. The lowest BCUT2D eigenvalue weighted by molar-refractivity contribution is -0.116. The Labute approximate surface area is 216 Å². The SMILES string of the molecule is CC(C)c1cccc(C(C)C)c1NC(=O)Cn1c(-c2ccccc2)nc2sc3c(c2c1=O)CCCC3. The second-order valence-electron chi connectivity index (χ2n) is 10.3. The van der Waals surface area contributed by atoms with Gasteiger partial charge in [-0.2, -0.15) is 0 Å². The van der Waals surface area contributed by atoms with Crippen LogP contribution in [0.3, 0.4) is 0 Å². The van der Waals surface area contributed by atoms with Crippen LogP contribution < -0.4 is 10.9 Å². The predicted molar refractivity (Wildman–Crippen MR) is 149 cm³/mol. The van der Waals surface area contributed by atoms with Gasteiger partial charge in [-0.1, -0.05) is 76.2 Å². The van der Waals surface area contributed by atoms with Crippen molar-refractivity contribution in [3.63, 3.8) is 0 Å². The van der Waals surface area contributed by atoms with Crippen LogP contribution in [-0.4, -0.2) is 15.5 Å². The van der Waals surface area contributed by atoms with Crippen molar-refractivity contribution in [3.05, 3.63) is 80.5 Å². The molecule has 0 saturated carbocycles. The Morgan fingerprint density at radius 1 is 0.972 bits per heavy atom. The molecule has 4 aromatic rings. The molecule has 0 saturated heterocycles. The summed E-state index contributed by atoms with van der Waals surface area (Å²) in [6.45, 7) is 8.44. The Bertz CT molecular complexity index is 1460. The fraction of sp³-hybridized carbons (Fsp3) is 0.367. The summed E-state index contributed by atoms with van der Waals surface area (Å²) in [5.41, 5.74) is 4.93. The third-order valence-corrected chi connectivity index (χ3v) is 8.23. The number of thiophene rings is 1. The number of anilines is 1. The Morgan fingerprint density at radius 3 is 2.31 bits per heavy atom. The van der Waals surface area contributed by atoms with E-state index in [1.807, 2.05) is 30.3 Å². The van der Waals surface area contributed by atoms with Crippen molar-refractivity contribution in [2.45, 2.75) is 71.8 Å². The van der Waals surface area contributed by atoms with Gasteiger partial charge in [-0.05, 0) is 54.2 Å². The number of fused-ring (bicyclic) bond motifs is 3. The number of nitrogens with one attached hydrogen (secondary N) is 1. The molecule has 0 spiro atoms. The molecule has 5 nitrogen and oxygen atoms in total. The van der Waals surface area contributed by atoms with Gasteiger partial charge in [0, 0.05) is 16.1 Å². The fourth-order valence-electron chi connectivity index (χ4n) is 5.21. The van der Waals surface area contributed by atoms with E-state index in [9.17, 15) is 9.59 Å². The molecular formula is C30H33N3O2S. The quantitative estimate of drug-likeness (QED) is 0.314. The molecule has 0 aliphatic heterocycles. The maximum Gasteiger partial charge on any atom is 0.263 e. The lowest BCUT2D eigenvalue weighted by atomic mass is 9.92. The van der Waals surface area contributed by atoms with Crippen molar-refractivity contribution < 1.29 is 4.79 Å². The van der Waals surface area contributed by atoms with Gasteiger partial charge in [0.25, 0.3) is 5.56 Å². The summed E-state index contributed by atoms with van der Waals surface area (Å²) in [7, 11) is 0. The Morgan fingerprint density at radius 2 is 1.64 bits per heavy atom. The van der Waals surface area contributed by atoms with Crippen LogP contribution in [0, 0.1) is 0 Å². The number of nitrogens with zero attached hydrogens (tertiary/aromatic N) is 2. The van der Waals surface area contributed by atoms with Gasteiger partial charge in [-0.15, -0.1) is 11.3 Å². The predicted octanol–water partition coefficient (Wildman–Crippen LogP) is 6.89. The summed E-state index contributed by atoms with van der Waals surface area (Å²) in [4.78, 5) is 34.5. The Hall–Kier alpha value is -3.25. The minimum absolute atomic E-state index is 0.0828. The van der Waals surface area contributed by atoms with Gasteiger partial charge in [0.2, 0.25) is 5.91 Å². The van der Waals surface area contributed by atoms with Crippen molar-refractivity contribution in [1.29, 1.82) is 0 Å². The molecule has 6 heteroatoms. The zero-order valence-corrected chi connectivity index (χ0v) is 22.2. The first-order valence-electron chi connectivity index (χ1n) is 12.9. The third-order valence-electron chi connectivity index (χ3n) is 7.05. The van der Waals surface area contributed by atoms with E-state index in [1.54, 1.807) is 15.9 Å². The second kappa shape index (κ2) is 10.0. The molecule has 1 aliphatic rings. The summed E-state index contributed by atoms with van der Waals surface area (Å²) in [5, 5.41) is 3.88. The maximum absolute atomic E-state index is 13.9. The van der Waals surface area contributed by atoms with Gasteiger partial charge in [0.05, 0.1) is 5.39 Å². The normalized spacial score (nSPS) is 13.4. The van der Waals surface area contributed by atoms with Crippen LogP contribution in [0.5, 0.6) is 0 Å². The highest BCUT2D eigenvalue weighted by Crippen LogP contribution is 2.35. The molecule has 1 amide bonds. The Kier molecular flexibility index (Phi) is 6.80. The highest BCUT2D eigenvalue weighted by Gasteiger charge is 2.24. The molecule has 2 aromatic heterocycles. The van der Waals surface area contributed by atoms with Gasteiger partial charge in [-0.3, -0.25) is 14.2 Å². The molecule has 1 aliphatic carbocycles. The number of aromatic nitrogens is 2. The number of carbonyl (C=O) groups is 1. The van der Waals surface area contributed by atoms with E-state index < -0.39 is 0 Å². The van der Waals surface area contributed by atoms with E-state index in [0.717, 1.165) is 58.5 Å². The highest BCUT2D eigenvalue weighted by atomic mass is 32.1. The molecule has 0 radical (unpaired) electrons. The van der Waals surface area contributed by atoms with E-state index in [-0.39, 0.29) is 29.8 Å². The number of aryl methyl sites for hydroxylation is 2. The average Bonchev–Trinajstić information content (AvgIpc) is 3.24. The van der Waals surface area contributed by atoms with Crippen molar-refractivity contribution in [2.75, 3.05) is 5.32 Å². The molecule has 0 bridgehead atoms. The minimum atomic E-state index is -0.213. The first-order valence-corrected chi connectivity index (χ1v) is 13.7. The van der Waals surface area contributed by atoms with Crippen molar-refractivity contribution in [3.8, 4) is 11.4 Å². The van der Waals surface area contributed by atoms with E-state index in [1.165, 1.54) is 4.88 Å². The van der Waals surface area contributed by atoms with Crippen LogP contribution in [0.25, 0.3) is 21.6 Å². The molecule has 1 N–H and O–H groups in total. The molecule has 0 atom stereocenters. The first kappa shape index (κ1) is 24.4. The van der Waals surface area contributed by atoms with Crippen molar-refractivity contribution in [1.82, 2.24) is 9.55 Å². The molecule has 2 heterocycles. The summed E-state index contributed by atoms with van der Waals surface area (Å²) in [5.74, 6) is 0.853. The number of amides is 1. The van der Waals surface area contributed by atoms with E-state index in [4.69, 9.17) is 4.98 Å². The van der Waals surface area contributed by atoms with E-state index in [2.05, 4.69) is 51.2 Å². The monoisotopic (exact) mass is 499 g/mol. The lowest BCUT2D eigenvalue weighted by Crippen LogP contribution is -2.30. The van der Waals surface area contributed by atoms with Crippen LogP contribution in [0.2, 0.25) is 0 Å². The molecule has 186 valence electrons. The molecular weight excluding hydrogens is 466 g/mol. The zero-order valence-electron chi connectivity index (χ0n) is 21.4. The molecule has 0 unspecified atom stereocenters. The molecule has 2 aromatic carbocycles. The lowest BCUT2D eigenvalue weighted by Gasteiger charge is -2.21. The largest absolute Gasteiger partial charge is 0.324 e. The molecule has 0 fully saturated rings.